The van der Waals surface area contributed by atoms with Gasteiger partial charge >= 0.3 is 6.09 Å². The van der Waals surface area contributed by atoms with E-state index in [1.807, 2.05) is 44.3 Å². The van der Waals surface area contributed by atoms with Crippen LogP contribution in [0.1, 0.15) is 18.2 Å². The number of piperazine rings is 1. The molecule has 3 aromatic heterocycles. The number of hydrogen-bond donors (Lipinski definition) is 1. The van der Waals surface area contributed by atoms with Crippen LogP contribution in [-0.4, -0.2) is 68.3 Å². The number of nitrogens with two attached hydrogens (primary N) is 1. The molecule has 1 aliphatic rings. The highest BCUT2D eigenvalue weighted by Crippen LogP contribution is 2.29. The average molecular weight is 446 g/mol. The van der Waals surface area contributed by atoms with E-state index < -0.39 is 0 Å². The van der Waals surface area contributed by atoms with Crippen molar-refractivity contribution >= 4 is 28.5 Å². The zero-order valence-corrected chi connectivity index (χ0v) is 18.9. The van der Waals surface area contributed by atoms with Gasteiger partial charge in [-0.25, -0.2) is 9.78 Å². The van der Waals surface area contributed by atoms with Gasteiger partial charge in [-0.1, -0.05) is 18.2 Å². The van der Waals surface area contributed by atoms with Crippen LogP contribution in [0.3, 0.4) is 0 Å². The second-order valence-corrected chi connectivity index (χ2v) is 8.24. The fourth-order valence-corrected chi connectivity index (χ4v) is 4.24. The molecule has 4 aromatic rings. The first kappa shape index (κ1) is 21.1. The van der Waals surface area contributed by atoms with Gasteiger partial charge in [0.05, 0.1) is 24.0 Å². The summed E-state index contributed by atoms with van der Waals surface area (Å²) in [5, 5.41) is 5.56. The van der Waals surface area contributed by atoms with E-state index in [0.717, 1.165) is 52.0 Å². The summed E-state index contributed by atoms with van der Waals surface area (Å²) < 4.78 is 6.81. The van der Waals surface area contributed by atoms with Crippen molar-refractivity contribution in [2.45, 2.75) is 20.4 Å². The number of benzene rings is 1. The topological polar surface area (TPSA) is 102 Å². The van der Waals surface area contributed by atoms with Crippen molar-refractivity contribution in [2.24, 2.45) is 0 Å². The second kappa shape index (κ2) is 8.67. The molecule has 9 heteroatoms. The molecule has 2 N–H and O–H groups in total. The van der Waals surface area contributed by atoms with Crippen LogP contribution in [0.5, 0.6) is 0 Å². The molecule has 0 aliphatic carbocycles. The van der Waals surface area contributed by atoms with Crippen LogP contribution in [0.15, 0.2) is 42.7 Å². The largest absolute Gasteiger partial charge is 0.450 e. The van der Waals surface area contributed by atoms with Crippen LogP contribution in [0.4, 0.5) is 10.6 Å². The molecule has 0 atom stereocenters. The number of aromatic nitrogens is 4. The van der Waals surface area contributed by atoms with Gasteiger partial charge in [-0.2, -0.15) is 9.61 Å². The Hall–Kier alpha value is -3.72. The molecule has 1 aromatic carbocycles. The summed E-state index contributed by atoms with van der Waals surface area (Å²) in [5.74, 6) is 0.583. The lowest BCUT2D eigenvalue weighted by molar-refractivity contribution is 0.0775. The van der Waals surface area contributed by atoms with Gasteiger partial charge in [0, 0.05) is 61.0 Å². The van der Waals surface area contributed by atoms with Crippen LogP contribution < -0.4 is 5.73 Å². The minimum atomic E-state index is -0.245. The number of anilines is 1. The molecular formula is C24H27N7O2. The number of carbonyl (C=O) groups excluding carboxylic acids is 1. The van der Waals surface area contributed by atoms with Crippen molar-refractivity contribution in [3.63, 3.8) is 0 Å². The molecule has 0 saturated carbocycles. The van der Waals surface area contributed by atoms with Gasteiger partial charge in [-0.3, -0.25) is 9.88 Å². The molecule has 5 rings (SSSR count). The number of carbonyl (C=O) groups is 1. The standard InChI is InChI=1S/C24H27N7O2/c1-3-33-24(32)30-10-8-29(9-11-30)15-21-16(2)22(25)31-23(28-21)19(14-27-31)18-12-17-6-4-5-7-20(17)26-13-18/h4-7,12-14H,3,8-11,15,25H2,1-2H3. The number of para-hydroxylation sites is 1. The number of amides is 1. The Kier molecular flexibility index (Phi) is 5.55. The lowest BCUT2D eigenvalue weighted by atomic mass is 10.1. The minimum Gasteiger partial charge on any atom is -0.450 e. The van der Waals surface area contributed by atoms with Gasteiger partial charge in [0.15, 0.2) is 5.65 Å². The maximum atomic E-state index is 12.0. The molecule has 0 unspecified atom stereocenters. The minimum absolute atomic E-state index is 0.245. The molecule has 9 nitrogen and oxygen atoms in total. The molecule has 4 heterocycles. The Morgan fingerprint density at radius 2 is 1.94 bits per heavy atom. The average Bonchev–Trinajstić information content (AvgIpc) is 3.26. The first-order valence-electron chi connectivity index (χ1n) is 11.2. The quantitative estimate of drug-likeness (QED) is 0.515. The van der Waals surface area contributed by atoms with Gasteiger partial charge in [-0.15, -0.1) is 0 Å². The summed E-state index contributed by atoms with van der Waals surface area (Å²) in [5.41, 5.74) is 11.8. The van der Waals surface area contributed by atoms with Gasteiger partial charge < -0.3 is 15.4 Å². The third kappa shape index (κ3) is 3.95. The summed E-state index contributed by atoms with van der Waals surface area (Å²) in [7, 11) is 0. The van der Waals surface area contributed by atoms with Crippen molar-refractivity contribution in [3.05, 3.63) is 54.0 Å². The zero-order chi connectivity index (χ0) is 22.9. The fourth-order valence-electron chi connectivity index (χ4n) is 4.24. The molecule has 1 amide bonds. The van der Waals surface area contributed by atoms with Gasteiger partial charge in [0.2, 0.25) is 0 Å². The highest BCUT2D eigenvalue weighted by molar-refractivity contribution is 5.87. The number of hydrogen-bond acceptors (Lipinski definition) is 7. The van der Waals surface area contributed by atoms with E-state index in [-0.39, 0.29) is 6.09 Å². The lowest BCUT2D eigenvalue weighted by Crippen LogP contribution is -2.48. The fraction of sp³-hybridized carbons (Fsp3) is 0.333. The summed E-state index contributed by atoms with van der Waals surface area (Å²) in [6.45, 7) is 7.63. The van der Waals surface area contributed by atoms with E-state index in [0.29, 0.717) is 32.1 Å². The first-order valence-corrected chi connectivity index (χ1v) is 11.2. The maximum Gasteiger partial charge on any atom is 0.409 e. The maximum absolute atomic E-state index is 12.0. The summed E-state index contributed by atoms with van der Waals surface area (Å²) in [6.07, 6.45) is 3.40. The molecule has 1 fully saturated rings. The Bertz CT molecular complexity index is 1330. The van der Waals surface area contributed by atoms with Crippen molar-refractivity contribution in [1.29, 1.82) is 0 Å². The van der Waals surface area contributed by atoms with E-state index in [9.17, 15) is 4.79 Å². The Labute approximate surface area is 191 Å². The predicted octanol–water partition coefficient (Wildman–Crippen LogP) is 3.11. The van der Waals surface area contributed by atoms with Crippen molar-refractivity contribution in [3.8, 4) is 11.1 Å². The number of pyridine rings is 1. The third-order valence-corrected chi connectivity index (χ3v) is 6.20. The normalized spacial score (nSPS) is 14.8. The Morgan fingerprint density at radius 3 is 2.73 bits per heavy atom. The highest BCUT2D eigenvalue weighted by Gasteiger charge is 2.24. The third-order valence-electron chi connectivity index (χ3n) is 6.20. The smallest absolute Gasteiger partial charge is 0.409 e. The summed E-state index contributed by atoms with van der Waals surface area (Å²) in [4.78, 5) is 25.6. The van der Waals surface area contributed by atoms with E-state index in [1.54, 1.807) is 15.6 Å². The van der Waals surface area contributed by atoms with Crippen LogP contribution in [-0.2, 0) is 11.3 Å². The van der Waals surface area contributed by atoms with Crippen LogP contribution in [0.2, 0.25) is 0 Å². The SMILES string of the molecule is CCOC(=O)N1CCN(Cc2nc3c(-c4cnc5ccccc5c4)cnn3c(N)c2C)CC1. The molecule has 0 spiro atoms. The molecule has 1 aliphatic heterocycles. The van der Waals surface area contributed by atoms with Crippen LogP contribution >= 0.6 is 0 Å². The molecule has 33 heavy (non-hydrogen) atoms. The molecule has 0 bridgehead atoms. The van der Waals surface area contributed by atoms with Gasteiger partial charge in [0.1, 0.15) is 5.82 Å². The van der Waals surface area contributed by atoms with E-state index in [4.69, 9.17) is 15.5 Å². The summed E-state index contributed by atoms with van der Waals surface area (Å²) in [6, 6.07) is 10.1. The number of nitrogen functional groups attached to an aromatic ring is 1. The zero-order valence-electron chi connectivity index (χ0n) is 18.9. The van der Waals surface area contributed by atoms with Crippen molar-refractivity contribution in [1.82, 2.24) is 29.4 Å². The monoisotopic (exact) mass is 445 g/mol. The van der Waals surface area contributed by atoms with Crippen LogP contribution in [0, 0.1) is 6.92 Å². The predicted molar refractivity (Wildman–Crippen MR) is 127 cm³/mol. The second-order valence-electron chi connectivity index (χ2n) is 8.24. The first-order chi connectivity index (χ1) is 16.0. The number of nitrogens with zero attached hydrogens (tertiary/aromatic N) is 6. The van der Waals surface area contributed by atoms with Crippen LogP contribution in [0.25, 0.3) is 27.7 Å². The molecule has 0 radical (unpaired) electrons. The number of rotatable bonds is 4. The molecule has 170 valence electrons. The highest BCUT2D eigenvalue weighted by atomic mass is 16.6. The van der Waals surface area contributed by atoms with Crippen molar-refractivity contribution in [2.75, 3.05) is 38.5 Å². The Balaban J connectivity index is 1.43. The van der Waals surface area contributed by atoms with E-state index in [2.05, 4.69) is 21.0 Å². The lowest BCUT2D eigenvalue weighted by Gasteiger charge is -2.34. The van der Waals surface area contributed by atoms with Gasteiger partial charge in [-0.05, 0) is 26.0 Å². The Morgan fingerprint density at radius 1 is 1.15 bits per heavy atom. The molecular weight excluding hydrogens is 418 g/mol. The number of ether oxygens (including phenoxy) is 1. The molecule has 1 saturated heterocycles. The number of fused-ring (bicyclic) bond motifs is 2. The van der Waals surface area contributed by atoms with Gasteiger partial charge in [0.25, 0.3) is 0 Å². The van der Waals surface area contributed by atoms with E-state index >= 15 is 0 Å². The summed E-state index contributed by atoms with van der Waals surface area (Å²) >= 11 is 0. The van der Waals surface area contributed by atoms with E-state index in [1.165, 1.54) is 0 Å². The van der Waals surface area contributed by atoms with Crippen molar-refractivity contribution < 1.29 is 9.53 Å².